The SMILES string of the molecule is Cc1ccc(-c2noc(CCCN3CCN(CCc4ccccc4)CC3)n2)cc1F. The average molecular weight is 409 g/mol. The van der Waals surface area contributed by atoms with Gasteiger partial charge < -0.3 is 14.3 Å². The molecular formula is C24H29FN4O. The fraction of sp³-hybridized carbons (Fsp3) is 0.417. The van der Waals surface area contributed by atoms with E-state index in [2.05, 4.69) is 50.3 Å². The van der Waals surface area contributed by atoms with Crippen LogP contribution >= 0.6 is 0 Å². The Labute approximate surface area is 177 Å². The molecule has 3 aromatic rings. The van der Waals surface area contributed by atoms with E-state index in [4.69, 9.17) is 4.52 Å². The van der Waals surface area contributed by atoms with Crippen molar-refractivity contribution in [2.45, 2.75) is 26.2 Å². The second-order valence-electron chi connectivity index (χ2n) is 8.00. The fourth-order valence-corrected chi connectivity index (χ4v) is 3.83. The first kappa shape index (κ1) is 20.7. The van der Waals surface area contributed by atoms with Crippen LogP contribution in [0.5, 0.6) is 0 Å². The van der Waals surface area contributed by atoms with Gasteiger partial charge in [0.1, 0.15) is 5.82 Å². The molecule has 0 unspecified atom stereocenters. The van der Waals surface area contributed by atoms with Gasteiger partial charge >= 0.3 is 0 Å². The molecule has 0 atom stereocenters. The van der Waals surface area contributed by atoms with E-state index in [0.717, 1.165) is 58.5 Å². The highest BCUT2D eigenvalue weighted by atomic mass is 19.1. The molecule has 158 valence electrons. The Bertz CT molecular complexity index is 935. The van der Waals surface area contributed by atoms with Crippen LogP contribution < -0.4 is 0 Å². The van der Waals surface area contributed by atoms with Crippen LogP contribution in [-0.4, -0.2) is 59.2 Å². The molecule has 2 aromatic carbocycles. The quantitative estimate of drug-likeness (QED) is 0.564. The molecule has 5 nitrogen and oxygen atoms in total. The van der Waals surface area contributed by atoms with Gasteiger partial charge in [0.05, 0.1) is 0 Å². The lowest BCUT2D eigenvalue weighted by molar-refractivity contribution is 0.132. The molecule has 6 heteroatoms. The van der Waals surface area contributed by atoms with Crippen molar-refractivity contribution in [3.63, 3.8) is 0 Å². The zero-order valence-corrected chi connectivity index (χ0v) is 17.6. The van der Waals surface area contributed by atoms with Crippen molar-refractivity contribution < 1.29 is 8.91 Å². The number of halogens is 1. The van der Waals surface area contributed by atoms with Gasteiger partial charge in [-0.2, -0.15) is 4.98 Å². The van der Waals surface area contributed by atoms with Crippen LogP contribution in [0.2, 0.25) is 0 Å². The summed E-state index contributed by atoms with van der Waals surface area (Å²) in [7, 11) is 0. The smallest absolute Gasteiger partial charge is 0.227 e. The summed E-state index contributed by atoms with van der Waals surface area (Å²) < 4.78 is 19.1. The van der Waals surface area contributed by atoms with Crippen LogP contribution in [0.25, 0.3) is 11.4 Å². The molecule has 1 fully saturated rings. The van der Waals surface area contributed by atoms with Crippen LogP contribution in [0, 0.1) is 12.7 Å². The van der Waals surface area contributed by atoms with Crippen LogP contribution in [-0.2, 0) is 12.8 Å². The van der Waals surface area contributed by atoms with E-state index >= 15 is 0 Å². The van der Waals surface area contributed by atoms with Gasteiger partial charge in [-0.05, 0) is 43.5 Å². The lowest BCUT2D eigenvalue weighted by Gasteiger charge is -2.34. The summed E-state index contributed by atoms with van der Waals surface area (Å²) >= 11 is 0. The zero-order chi connectivity index (χ0) is 20.8. The van der Waals surface area contributed by atoms with E-state index in [1.54, 1.807) is 13.0 Å². The normalized spacial score (nSPS) is 15.5. The van der Waals surface area contributed by atoms with E-state index in [1.165, 1.54) is 11.6 Å². The van der Waals surface area contributed by atoms with Gasteiger partial charge in [-0.3, -0.25) is 0 Å². The number of rotatable bonds is 8. The molecule has 30 heavy (non-hydrogen) atoms. The number of hydrogen-bond donors (Lipinski definition) is 0. The summed E-state index contributed by atoms with van der Waals surface area (Å²) in [6, 6.07) is 15.7. The fourth-order valence-electron chi connectivity index (χ4n) is 3.83. The standard InChI is InChI=1S/C24H29FN4O/c1-19-9-10-21(18-22(19)25)24-26-23(30-27-24)8-5-12-28-14-16-29(17-15-28)13-11-20-6-3-2-4-7-20/h2-4,6-7,9-10,18H,5,8,11-17H2,1H3. The lowest BCUT2D eigenvalue weighted by Crippen LogP contribution is -2.47. The summed E-state index contributed by atoms with van der Waals surface area (Å²) in [4.78, 5) is 9.48. The van der Waals surface area contributed by atoms with Gasteiger partial charge in [0.15, 0.2) is 0 Å². The maximum Gasteiger partial charge on any atom is 0.227 e. The molecule has 0 bridgehead atoms. The zero-order valence-electron chi connectivity index (χ0n) is 17.6. The minimum absolute atomic E-state index is 0.248. The van der Waals surface area contributed by atoms with E-state index in [0.29, 0.717) is 22.8 Å². The number of hydrogen-bond acceptors (Lipinski definition) is 5. The second-order valence-corrected chi connectivity index (χ2v) is 8.00. The maximum absolute atomic E-state index is 13.7. The van der Waals surface area contributed by atoms with E-state index in [9.17, 15) is 4.39 Å². The molecule has 0 spiro atoms. The molecule has 0 amide bonds. The number of benzene rings is 2. The Kier molecular flexibility index (Phi) is 6.87. The Balaban J connectivity index is 1.17. The molecule has 0 aliphatic carbocycles. The van der Waals surface area contributed by atoms with Crippen molar-refractivity contribution in [1.29, 1.82) is 0 Å². The van der Waals surface area contributed by atoms with Crippen LogP contribution in [0.4, 0.5) is 4.39 Å². The Morgan fingerprint density at radius 1 is 0.933 bits per heavy atom. The second kappa shape index (κ2) is 9.96. The summed E-state index contributed by atoms with van der Waals surface area (Å²) in [5, 5.41) is 4.00. The molecule has 1 saturated heterocycles. The molecule has 1 aliphatic rings. The Morgan fingerprint density at radius 2 is 1.67 bits per heavy atom. The van der Waals surface area contributed by atoms with Gasteiger partial charge in [-0.15, -0.1) is 0 Å². The summed E-state index contributed by atoms with van der Waals surface area (Å²) in [6.07, 6.45) is 2.84. The topological polar surface area (TPSA) is 45.4 Å². The first-order valence-electron chi connectivity index (χ1n) is 10.7. The maximum atomic E-state index is 13.7. The van der Waals surface area contributed by atoms with Crippen molar-refractivity contribution in [3.8, 4) is 11.4 Å². The third kappa shape index (κ3) is 5.52. The predicted octanol–water partition coefficient (Wildman–Crippen LogP) is 3.98. The third-order valence-electron chi connectivity index (χ3n) is 5.79. The highest BCUT2D eigenvalue weighted by Gasteiger charge is 2.17. The van der Waals surface area contributed by atoms with Gasteiger partial charge in [0.2, 0.25) is 11.7 Å². The molecule has 0 N–H and O–H groups in total. The minimum Gasteiger partial charge on any atom is -0.339 e. The Hall–Kier alpha value is -2.57. The predicted molar refractivity (Wildman–Crippen MR) is 116 cm³/mol. The molecule has 4 rings (SSSR count). The van der Waals surface area contributed by atoms with Gasteiger partial charge in [0, 0.05) is 44.7 Å². The van der Waals surface area contributed by atoms with Crippen molar-refractivity contribution in [2.24, 2.45) is 0 Å². The average Bonchev–Trinajstić information content (AvgIpc) is 3.25. The van der Waals surface area contributed by atoms with Gasteiger partial charge in [-0.25, -0.2) is 4.39 Å². The first-order valence-corrected chi connectivity index (χ1v) is 10.7. The highest BCUT2D eigenvalue weighted by molar-refractivity contribution is 5.54. The molecular weight excluding hydrogens is 379 g/mol. The largest absolute Gasteiger partial charge is 0.339 e. The summed E-state index contributed by atoms with van der Waals surface area (Å²) in [6.45, 7) is 8.35. The third-order valence-corrected chi connectivity index (χ3v) is 5.79. The van der Waals surface area contributed by atoms with Crippen LogP contribution in [0.15, 0.2) is 53.1 Å². The monoisotopic (exact) mass is 408 g/mol. The van der Waals surface area contributed by atoms with Gasteiger partial charge in [0.25, 0.3) is 0 Å². The molecule has 1 aliphatic heterocycles. The Morgan fingerprint density at radius 3 is 2.40 bits per heavy atom. The van der Waals surface area contributed by atoms with Crippen LogP contribution in [0.3, 0.4) is 0 Å². The number of nitrogens with zero attached hydrogens (tertiary/aromatic N) is 4. The first-order chi connectivity index (χ1) is 14.7. The molecule has 0 radical (unpaired) electrons. The minimum atomic E-state index is -0.248. The van der Waals surface area contributed by atoms with Gasteiger partial charge in [-0.1, -0.05) is 47.6 Å². The summed E-state index contributed by atoms with van der Waals surface area (Å²) in [5.41, 5.74) is 2.68. The van der Waals surface area contributed by atoms with Crippen molar-refractivity contribution in [2.75, 3.05) is 39.3 Å². The number of aromatic nitrogens is 2. The number of aryl methyl sites for hydroxylation is 2. The summed E-state index contributed by atoms with van der Waals surface area (Å²) in [5.74, 6) is 0.824. The molecule has 2 heterocycles. The molecule has 1 aromatic heterocycles. The van der Waals surface area contributed by atoms with Crippen molar-refractivity contribution >= 4 is 0 Å². The number of piperazine rings is 1. The lowest BCUT2D eigenvalue weighted by atomic mass is 10.1. The van der Waals surface area contributed by atoms with Crippen molar-refractivity contribution in [1.82, 2.24) is 19.9 Å². The highest BCUT2D eigenvalue weighted by Crippen LogP contribution is 2.19. The molecule has 0 saturated carbocycles. The van der Waals surface area contributed by atoms with Crippen molar-refractivity contribution in [3.05, 3.63) is 71.4 Å². The van der Waals surface area contributed by atoms with E-state index < -0.39 is 0 Å². The van der Waals surface area contributed by atoms with E-state index in [1.807, 2.05) is 6.07 Å². The van der Waals surface area contributed by atoms with Crippen LogP contribution in [0.1, 0.15) is 23.4 Å². The van der Waals surface area contributed by atoms with E-state index in [-0.39, 0.29) is 5.82 Å².